The average Bonchev–Trinajstić information content (AvgIpc) is 3.13. The number of nitrogens with zero attached hydrogens (tertiary/aromatic N) is 2. The standard InChI is InChI=1S/C21H20ClN3O3/c1-14-10-18(25-6-8-27-9-7-25)4-2-15(14)13-23-24-21(26)20-12-16-11-17(22)3-5-19(16)28-20/h2-5,10-13H,6-9H2,1H3,(H,24,26)/b23-13-. The summed E-state index contributed by atoms with van der Waals surface area (Å²) < 4.78 is 10.9. The number of rotatable bonds is 4. The quantitative estimate of drug-likeness (QED) is 0.534. The van der Waals surface area contributed by atoms with Crippen LogP contribution in [-0.4, -0.2) is 38.4 Å². The zero-order valence-corrected chi connectivity index (χ0v) is 16.2. The summed E-state index contributed by atoms with van der Waals surface area (Å²) in [5.74, 6) is -0.222. The van der Waals surface area contributed by atoms with E-state index in [0.29, 0.717) is 10.6 Å². The summed E-state index contributed by atoms with van der Waals surface area (Å²) in [7, 11) is 0. The number of fused-ring (bicyclic) bond motifs is 1. The lowest BCUT2D eigenvalue weighted by atomic mass is 10.1. The predicted octanol–water partition coefficient (Wildman–Crippen LogP) is 4.00. The van der Waals surface area contributed by atoms with E-state index in [1.165, 1.54) is 5.69 Å². The molecule has 0 spiro atoms. The zero-order chi connectivity index (χ0) is 19.5. The number of hydrogen-bond donors (Lipinski definition) is 1. The van der Waals surface area contributed by atoms with E-state index in [2.05, 4.69) is 27.6 Å². The van der Waals surface area contributed by atoms with Gasteiger partial charge in [-0.2, -0.15) is 5.10 Å². The zero-order valence-electron chi connectivity index (χ0n) is 15.4. The Labute approximate surface area is 167 Å². The van der Waals surface area contributed by atoms with Crippen molar-refractivity contribution in [3.63, 3.8) is 0 Å². The number of carbonyl (C=O) groups is 1. The van der Waals surface area contributed by atoms with Crippen molar-refractivity contribution in [3.05, 3.63) is 64.4 Å². The molecule has 3 aromatic rings. The molecule has 0 unspecified atom stereocenters. The monoisotopic (exact) mass is 397 g/mol. The maximum atomic E-state index is 12.3. The van der Waals surface area contributed by atoms with Gasteiger partial charge in [0.05, 0.1) is 19.4 Å². The fraction of sp³-hybridized carbons (Fsp3) is 0.238. The van der Waals surface area contributed by atoms with Crippen molar-refractivity contribution < 1.29 is 13.9 Å². The molecular formula is C21H20ClN3O3. The number of aryl methyl sites for hydroxylation is 1. The van der Waals surface area contributed by atoms with Crippen molar-refractivity contribution in [2.24, 2.45) is 5.10 Å². The lowest BCUT2D eigenvalue weighted by Crippen LogP contribution is -2.36. The third kappa shape index (κ3) is 4.03. The number of ether oxygens (including phenoxy) is 1. The van der Waals surface area contributed by atoms with Gasteiger partial charge in [-0.05, 0) is 54.4 Å². The smallest absolute Gasteiger partial charge is 0.307 e. The molecule has 0 aliphatic carbocycles. The number of carbonyl (C=O) groups excluding carboxylic acids is 1. The molecule has 0 atom stereocenters. The van der Waals surface area contributed by atoms with Crippen molar-refractivity contribution in [3.8, 4) is 0 Å². The fourth-order valence-corrected chi connectivity index (χ4v) is 3.35. The highest BCUT2D eigenvalue weighted by molar-refractivity contribution is 6.31. The predicted molar refractivity (Wildman–Crippen MR) is 110 cm³/mol. The molecule has 1 aromatic heterocycles. The van der Waals surface area contributed by atoms with Gasteiger partial charge in [0.25, 0.3) is 0 Å². The van der Waals surface area contributed by atoms with Crippen molar-refractivity contribution >= 4 is 40.4 Å². The largest absolute Gasteiger partial charge is 0.451 e. The third-order valence-corrected chi connectivity index (χ3v) is 4.94. The summed E-state index contributed by atoms with van der Waals surface area (Å²) >= 11 is 5.96. The Kier molecular flexibility index (Phi) is 5.32. The van der Waals surface area contributed by atoms with E-state index in [0.717, 1.165) is 42.8 Å². The van der Waals surface area contributed by atoms with Crippen LogP contribution in [-0.2, 0) is 4.74 Å². The second kappa shape index (κ2) is 8.04. The number of halogens is 1. The fourth-order valence-electron chi connectivity index (χ4n) is 3.16. The maximum Gasteiger partial charge on any atom is 0.307 e. The molecule has 1 aliphatic rings. The van der Waals surface area contributed by atoms with Crippen LogP contribution in [0.3, 0.4) is 0 Å². The molecule has 1 saturated heterocycles. The number of morpholine rings is 1. The first kappa shape index (κ1) is 18.5. The molecule has 144 valence electrons. The van der Waals surface area contributed by atoms with Crippen molar-refractivity contribution in [1.29, 1.82) is 0 Å². The van der Waals surface area contributed by atoms with E-state index in [1.807, 2.05) is 13.0 Å². The van der Waals surface area contributed by atoms with Crippen LogP contribution in [0.25, 0.3) is 11.0 Å². The molecule has 6 nitrogen and oxygen atoms in total. The number of amides is 1. The summed E-state index contributed by atoms with van der Waals surface area (Å²) in [5, 5.41) is 5.43. The summed E-state index contributed by atoms with van der Waals surface area (Å²) in [4.78, 5) is 14.6. The normalized spacial score (nSPS) is 14.7. The minimum atomic E-state index is -0.411. The van der Waals surface area contributed by atoms with Crippen LogP contribution < -0.4 is 10.3 Å². The van der Waals surface area contributed by atoms with E-state index in [9.17, 15) is 4.79 Å². The van der Waals surface area contributed by atoms with Crippen LogP contribution in [0, 0.1) is 6.92 Å². The van der Waals surface area contributed by atoms with Crippen molar-refractivity contribution in [1.82, 2.24) is 5.43 Å². The number of hydrazone groups is 1. The van der Waals surface area contributed by atoms with Crippen molar-refractivity contribution in [2.45, 2.75) is 6.92 Å². The number of benzene rings is 2. The highest BCUT2D eigenvalue weighted by Gasteiger charge is 2.13. The highest BCUT2D eigenvalue weighted by atomic mass is 35.5. The van der Waals surface area contributed by atoms with Gasteiger partial charge in [-0.15, -0.1) is 0 Å². The minimum Gasteiger partial charge on any atom is -0.451 e. The maximum absolute atomic E-state index is 12.3. The number of hydrogen-bond acceptors (Lipinski definition) is 5. The van der Waals surface area contributed by atoms with Crippen LogP contribution in [0.5, 0.6) is 0 Å². The second-order valence-electron chi connectivity index (χ2n) is 6.63. The van der Waals surface area contributed by atoms with Gasteiger partial charge >= 0.3 is 5.91 Å². The van der Waals surface area contributed by atoms with Crippen molar-refractivity contribution in [2.75, 3.05) is 31.2 Å². The molecule has 7 heteroatoms. The molecule has 1 N–H and O–H groups in total. The summed E-state index contributed by atoms with van der Waals surface area (Å²) in [6.45, 7) is 5.32. The van der Waals surface area contributed by atoms with Crippen LogP contribution in [0.2, 0.25) is 5.02 Å². The Morgan fingerprint density at radius 3 is 2.79 bits per heavy atom. The summed E-state index contributed by atoms with van der Waals surface area (Å²) in [5.41, 5.74) is 6.30. The molecule has 28 heavy (non-hydrogen) atoms. The van der Waals surface area contributed by atoms with Crippen LogP contribution in [0.15, 0.2) is 52.0 Å². The van der Waals surface area contributed by atoms with Crippen LogP contribution in [0.1, 0.15) is 21.7 Å². The Balaban J connectivity index is 1.42. The molecule has 2 heterocycles. The molecule has 0 radical (unpaired) electrons. The summed E-state index contributed by atoms with van der Waals surface area (Å²) in [6, 6.07) is 13.0. The van der Waals surface area contributed by atoms with Gasteiger partial charge < -0.3 is 14.1 Å². The minimum absolute atomic E-state index is 0.189. The molecule has 1 aliphatic heterocycles. The molecular weight excluding hydrogens is 378 g/mol. The number of furan rings is 1. The SMILES string of the molecule is Cc1cc(N2CCOCC2)ccc1/C=N\NC(=O)c1cc2cc(Cl)ccc2o1. The highest BCUT2D eigenvalue weighted by Crippen LogP contribution is 2.23. The first-order chi connectivity index (χ1) is 13.6. The van der Waals surface area contributed by atoms with Gasteiger partial charge in [0, 0.05) is 29.2 Å². The molecule has 1 fully saturated rings. The van der Waals surface area contributed by atoms with Gasteiger partial charge in [0.15, 0.2) is 5.76 Å². The van der Waals surface area contributed by atoms with Crippen LogP contribution in [0.4, 0.5) is 5.69 Å². The Hall–Kier alpha value is -2.83. The Morgan fingerprint density at radius 2 is 2.00 bits per heavy atom. The molecule has 0 bridgehead atoms. The lowest BCUT2D eigenvalue weighted by Gasteiger charge is -2.29. The summed E-state index contributed by atoms with van der Waals surface area (Å²) in [6.07, 6.45) is 1.63. The molecule has 2 aromatic carbocycles. The van der Waals surface area contributed by atoms with Gasteiger partial charge in [0.1, 0.15) is 5.58 Å². The van der Waals surface area contributed by atoms with E-state index >= 15 is 0 Å². The van der Waals surface area contributed by atoms with Gasteiger partial charge in [-0.1, -0.05) is 17.7 Å². The molecule has 1 amide bonds. The number of anilines is 1. The third-order valence-electron chi connectivity index (χ3n) is 4.70. The molecule has 0 saturated carbocycles. The van der Waals surface area contributed by atoms with Gasteiger partial charge in [0.2, 0.25) is 0 Å². The first-order valence-corrected chi connectivity index (χ1v) is 9.44. The van der Waals surface area contributed by atoms with E-state index < -0.39 is 5.91 Å². The lowest BCUT2D eigenvalue weighted by molar-refractivity contribution is 0.0929. The Morgan fingerprint density at radius 1 is 1.18 bits per heavy atom. The second-order valence-corrected chi connectivity index (χ2v) is 7.07. The number of nitrogens with one attached hydrogen (secondary N) is 1. The van der Waals surface area contributed by atoms with Gasteiger partial charge in [-0.3, -0.25) is 4.79 Å². The van der Waals surface area contributed by atoms with E-state index in [1.54, 1.807) is 30.5 Å². The first-order valence-electron chi connectivity index (χ1n) is 9.06. The Bertz CT molecular complexity index is 1040. The van der Waals surface area contributed by atoms with Gasteiger partial charge in [-0.25, -0.2) is 5.43 Å². The van der Waals surface area contributed by atoms with E-state index in [-0.39, 0.29) is 5.76 Å². The molecule has 4 rings (SSSR count). The van der Waals surface area contributed by atoms with Crippen LogP contribution >= 0.6 is 11.6 Å². The van der Waals surface area contributed by atoms with E-state index in [4.69, 9.17) is 20.8 Å². The average molecular weight is 398 g/mol. The topological polar surface area (TPSA) is 67.1 Å².